The van der Waals surface area contributed by atoms with Crippen LogP contribution in [0.4, 0.5) is 34.1 Å². The topological polar surface area (TPSA) is 42.6 Å². The molecule has 6 nitrogen and oxygen atoms in total. The van der Waals surface area contributed by atoms with E-state index in [1.165, 1.54) is 152 Å². The molecule has 0 spiro atoms. The maximum atomic E-state index is 6.72. The molecule has 4 aromatic heterocycles. The van der Waals surface area contributed by atoms with Gasteiger partial charge in [-0.3, -0.25) is 0 Å². The average molecular weight is 1810 g/mol. The molecule has 0 aliphatic heterocycles. The fourth-order valence-electron chi connectivity index (χ4n) is 22.6. The van der Waals surface area contributed by atoms with Crippen LogP contribution in [0.2, 0.25) is 0 Å². The predicted octanol–water partition coefficient (Wildman–Crippen LogP) is 38.4. The minimum Gasteiger partial charge on any atom is -0.454 e. The van der Waals surface area contributed by atoms with E-state index in [1.54, 1.807) is 0 Å². The van der Waals surface area contributed by atoms with Crippen LogP contribution in [0.5, 0.6) is 0 Å². The lowest BCUT2D eigenvalue weighted by Gasteiger charge is -2.26. The van der Waals surface area contributed by atoms with Crippen molar-refractivity contribution in [3.8, 4) is 78.1 Å². The van der Waals surface area contributed by atoms with E-state index >= 15 is 0 Å². The SMILES string of the molecule is c1ccc(-c2ccc3c(c2)c2cc(-c4ccc(N(c5ccc(-c6ccc7c8ccccc8c8ccccc8c7c6)cc5)c5cccc6c5oc5ccccc56)cc4)ccc2n3-c2ccccc2)cc1.c1ccc(-n2c3ccc(-c4ccc(N(c5ccc(-c6ccc7c8ccccc8c8ccccc8c7c6)cc5)c5cccc6c5oc5ccccc56)cc4)cc3c3cc(-c4cccc5ccccc45)ccc32)cc1. The van der Waals surface area contributed by atoms with Gasteiger partial charge in [0.2, 0.25) is 0 Å². The number of rotatable bonds is 14. The molecule has 29 rings (SSSR count). The van der Waals surface area contributed by atoms with Gasteiger partial charge in [0, 0.05) is 77.2 Å². The molecule has 29 aromatic rings. The Kier molecular flexibility index (Phi) is 19.2. The van der Waals surface area contributed by atoms with E-state index in [4.69, 9.17) is 8.83 Å². The average Bonchev–Trinajstić information content (AvgIpc) is 1.66. The van der Waals surface area contributed by atoms with Crippen molar-refractivity contribution < 1.29 is 8.83 Å². The third-order valence-electron chi connectivity index (χ3n) is 29.3. The molecule has 0 saturated carbocycles. The second-order valence-electron chi connectivity index (χ2n) is 37.2. The maximum absolute atomic E-state index is 6.72. The first-order valence-electron chi connectivity index (χ1n) is 48.7. The molecule has 4 heterocycles. The molecule has 0 aliphatic rings. The smallest absolute Gasteiger partial charge is 0.159 e. The molecule has 0 radical (unpaired) electrons. The molecule has 0 aliphatic carbocycles. The van der Waals surface area contributed by atoms with E-state index in [0.717, 1.165) is 123 Å². The Bertz CT molecular complexity index is 10000. The number of anilines is 6. The van der Waals surface area contributed by atoms with Gasteiger partial charge in [-0.1, -0.05) is 364 Å². The minimum atomic E-state index is 0.855. The summed E-state index contributed by atoms with van der Waals surface area (Å²) in [5.74, 6) is 0. The Morgan fingerprint density at radius 2 is 0.394 bits per heavy atom. The summed E-state index contributed by atoms with van der Waals surface area (Å²) in [4.78, 5) is 4.67. The molecule has 662 valence electrons. The van der Waals surface area contributed by atoms with Crippen LogP contribution in [0.25, 0.3) is 241 Å². The summed E-state index contributed by atoms with van der Waals surface area (Å²) in [7, 11) is 0. The minimum absolute atomic E-state index is 0.855. The third kappa shape index (κ3) is 13.6. The van der Waals surface area contributed by atoms with Gasteiger partial charge in [-0.15, -0.1) is 0 Å². The van der Waals surface area contributed by atoms with Crippen molar-refractivity contribution in [1.82, 2.24) is 9.13 Å². The Morgan fingerprint density at radius 3 is 0.761 bits per heavy atom. The number of hydrogen-bond donors (Lipinski definition) is 0. The van der Waals surface area contributed by atoms with Gasteiger partial charge in [0.1, 0.15) is 11.2 Å². The van der Waals surface area contributed by atoms with Crippen LogP contribution in [-0.4, -0.2) is 9.13 Å². The first-order chi connectivity index (χ1) is 70.4. The van der Waals surface area contributed by atoms with Crippen molar-refractivity contribution in [2.75, 3.05) is 9.80 Å². The summed E-state index contributed by atoms with van der Waals surface area (Å²) < 4.78 is 18.2. The highest BCUT2D eigenvalue weighted by Gasteiger charge is 2.26. The number of hydrogen-bond acceptors (Lipinski definition) is 4. The van der Waals surface area contributed by atoms with Crippen LogP contribution < -0.4 is 9.80 Å². The van der Waals surface area contributed by atoms with E-state index < -0.39 is 0 Å². The number of aromatic nitrogens is 2. The van der Waals surface area contributed by atoms with Crippen molar-refractivity contribution in [1.29, 1.82) is 0 Å². The van der Waals surface area contributed by atoms with Crippen molar-refractivity contribution in [2.45, 2.75) is 0 Å². The normalized spacial score (nSPS) is 11.8. The summed E-state index contributed by atoms with van der Waals surface area (Å²) in [5, 5.41) is 27.1. The molecule has 0 amide bonds. The zero-order chi connectivity index (χ0) is 93.4. The quantitative estimate of drug-likeness (QED) is 0.102. The van der Waals surface area contributed by atoms with Gasteiger partial charge >= 0.3 is 0 Å². The maximum Gasteiger partial charge on any atom is 0.159 e. The highest BCUT2D eigenvalue weighted by molar-refractivity contribution is 6.28. The Labute approximate surface area is 818 Å². The number of fused-ring (bicyclic) bond motifs is 25. The summed E-state index contributed by atoms with van der Waals surface area (Å²) in [6.45, 7) is 0. The second kappa shape index (κ2) is 33.5. The number of nitrogens with zero attached hydrogens (tertiary/aromatic N) is 4. The monoisotopic (exact) mass is 1810 g/mol. The first-order valence-corrected chi connectivity index (χ1v) is 48.7. The van der Waals surface area contributed by atoms with Gasteiger partial charge in [-0.25, -0.2) is 0 Å². The third-order valence-corrected chi connectivity index (χ3v) is 29.3. The van der Waals surface area contributed by atoms with Gasteiger partial charge in [0.15, 0.2) is 11.2 Å². The van der Waals surface area contributed by atoms with E-state index in [2.05, 4.69) is 529 Å². The molecule has 0 saturated heterocycles. The predicted molar refractivity (Wildman–Crippen MR) is 601 cm³/mol. The summed E-state index contributed by atoms with van der Waals surface area (Å²) in [5.41, 5.74) is 30.8. The van der Waals surface area contributed by atoms with Crippen molar-refractivity contribution >= 4 is 197 Å². The van der Waals surface area contributed by atoms with Crippen LogP contribution >= 0.6 is 0 Å². The van der Waals surface area contributed by atoms with E-state index in [0.29, 0.717) is 0 Å². The zero-order valence-corrected chi connectivity index (χ0v) is 77.3. The lowest BCUT2D eigenvalue weighted by Crippen LogP contribution is -2.10. The van der Waals surface area contributed by atoms with E-state index in [-0.39, 0.29) is 0 Å². The van der Waals surface area contributed by atoms with E-state index in [1.807, 2.05) is 12.1 Å². The van der Waals surface area contributed by atoms with Gasteiger partial charge in [0.25, 0.3) is 0 Å². The van der Waals surface area contributed by atoms with Gasteiger partial charge in [-0.05, 0) is 300 Å². The highest BCUT2D eigenvalue weighted by atomic mass is 16.3. The molecular formula is C136H86N4O2. The zero-order valence-electron chi connectivity index (χ0n) is 77.3. The lowest BCUT2D eigenvalue weighted by atomic mass is 9.92. The molecule has 6 heteroatoms. The largest absolute Gasteiger partial charge is 0.454 e. The highest BCUT2D eigenvalue weighted by Crippen LogP contribution is 2.50. The molecule has 0 bridgehead atoms. The van der Waals surface area contributed by atoms with Gasteiger partial charge < -0.3 is 27.8 Å². The molecular weight excluding hydrogens is 1720 g/mol. The number of para-hydroxylation sites is 6. The first kappa shape index (κ1) is 81.5. The van der Waals surface area contributed by atoms with Crippen molar-refractivity contribution in [2.24, 2.45) is 0 Å². The Balaban J connectivity index is 0.000000139. The molecule has 142 heavy (non-hydrogen) atoms. The molecule has 0 N–H and O–H groups in total. The number of furan rings is 2. The van der Waals surface area contributed by atoms with Crippen LogP contribution in [0.15, 0.2) is 531 Å². The summed E-state index contributed by atoms with van der Waals surface area (Å²) in [6, 6.07) is 190. The van der Waals surface area contributed by atoms with E-state index in [9.17, 15) is 0 Å². The summed E-state index contributed by atoms with van der Waals surface area (Å²) >= 11 is 0. The van der Waals surface area contributed by atoms with Gasteiger partial charge in [-0.2, -0.15) is 0 Å². The fraction of sp³-hybridized carbons (Fsp3) is 0. The fourth-order valence-corrected chi connectivity index (χ4v) is 22.6. The van der Waals surface area contributed by atoms with Crippen LogP contribution in [0.3, 0.4) is 0 Å². The number of benzene rings is 25. The van der Waals surface area contributed by atoms with Crippen LogP contribution in [-0.2, 0) is 0 Å². The lowest BCUT2D eigenvalue weighted by molar-refractivity contribution is 0.668. The van der Waals surface area contributed by atoms with Crippen molar-refractivity contribution in [3.63, 3.8) is 0 Å². The Morgan fingerprint density at radius 1 is 0.148 bits per heavy atom. The summed E-state index contributed by atoms with van der Waals surface area (Å²) in [6.07, 6.45) is 0. The van der Waals surface area contributed by atoms with Crippen LogP contribution in [0.1, 0.15) is 0 Å². The molecule has 0 atom stereocenters. The molecule has 0 fully saturated rings. The second-order valence-corrected chi connectivity index (χ2v) is 37.2. The Hall–Kier alpha value is -18.9. The standard InChI is InChI=1S/C70H44N2O.C66H42N2O/c1-2-16-51(17-3-1)72-66-40-33-49(43-64(66)65-44-50(34-41-67(65)72)55-24-12-15-47-14-4-5-18-54(47)55)46-30-37-53(38-31-46)71(68-26-13-25-62-61-23-10-11-27-69(61)73-70(62)68)52-35-28-45(29-36-52)48-32-39-60-58-21-7-6-19-56(58)57-20-8-9-22-59(57)63(60)42-48;1-3-14-43(15-4-1)47-31-38-62-60(41-47)61-42-48(32-39-63(61)68(62)49-16-5-2-6-17-49)45-28-35-51(36-29-45)67(64-24-13-23-58-57-22-11-12-25-65(57)69-66(58)64)50-33-26-44(27-34-50)46-30-37-56-54-20-8-7-18-52(54)53-19-9-10-21-55(53)59(56)40-46/h1-44H;1-42H. The van der Waals surface area contributed by atoms with Crippen molar-refractivity contribution in [3.05, 3.63) is 522 Å². The molecule has 25 aromatic carbocycles. The van der Waals surface area contributed by atoms with Gasteiger partial charge in [0.05, 0.1) is 33.4 Å². The molecule has 0 unspecified atom stereocenters. The van der Waals surface area contributed by atoms with Crippen LogP contribution in [0, 0.1) is 0 Å².